The number of halogens is 1. The van der Waals surface area contributed by atoms with Crippen LogP contribution in [0.3, 0.4) is 0 Å². The number of carboxylic acid groups (broad SMARTS) is 1. The molecule has 1 N–H and O–H groups in total. The topological polar surface area (TPSA) is 46.5 Å². The maximum Gasteiger partial charge on any atom is 0.314 e. The van der Waals surface area contributed by atoms with E-state index in [0.29, 0.717) is 30.9 Å². The number of carbonyl (C=O) groups is 1. The fraction of sp³-hybridized carbons (Fsp3) is 0.500. The molecule has 0 bridgehead atoms. The van der Waals surface area contributed by atoms with E-state index in [1.807, 2.05) is 0 Å². The molecule has 1 aromatic carbocycles. The van der Waals surface area contributed by atoms with Gasteiger partial charge >= 0.3 is 5.97 Å². The summed E-state index contributed by atoms with van der Waals surface area (Å²) in [5.41, 5.74) is -0.304. The molecule has 0 aliphatic heterocycles. The summed E-state index contributed by atoms with van der Waals surface area (Å²) in [6.45, 7) is 0.556. The highest BCUT2D eigenvalue weighted by atomic mass is 19.1. The molecule has 0 unspecified atom stereocenters. The standard InChI is InChI=1S/C14H15FO3/c15-11-7-10(14(5-6-14)13(16)17)3-4-12(11)18-8-9-1-2-9/h3-4,7,9H,1-2,5-6,8H2,(H,16,17). The van der Waals surface area contributed by atoms with Crippen molar-refractivity contribution in [3.63, 3.8) is 0 Å². The Hall–Kier alpha value is -1.58. The first-order valence-corrected chi connectivity index (χ1v) is 6.28. The maximum absolute atomic E-state index is 13.8. The Morgan fingerprint density at radius 2 is 2.17 bits per heavy atom. The summed E-state index contributed by atoms with van der Waals surface area (Å²) in [5, 5.41) is 9.15. The first-order valence-electron chi connectivity index (χ1n) is 6.28. The second-order valence-electron chi connectivity index (χ2n) is 5.29. The fourth-order valence-electron chi connectivity index (χ4n) is 2.16. The summed E-state index contributed by atoms with van der Waals surface area (Å²) < 4.78 is 19.2. The van der Waals surface area contributed by atoms with Crippen molar-refractivity contribution in [1.29, 1.82) is 0 Å². The lowest BCUT2D eigenvalue weighted by atomic mass is 9.96. The molecule has 2 saturated carbocycles. The van der Waals surface area contributed by atoms with Crippen molar-refractivity contribution in [3.05, 3.63) is 29.6 Å². The fourth-order valence-corrected chi connectivity index (χ4v) is 2.16. The Labute approximate surface area is 105 Å². The molecule has 2 aliphatic rings. The number of hydrogen-bond donors (Lipinski definition) is 1. The van der Waals surface area contributed by atoms with Gasteiger partial charge in [-0.15, -0.1) is 0 Å². The van der Waals surface area contributed by atoms with Crippen molar-refractivity contribution in [2.75, 3.05) is 6.61 Å². The molecule has 3 nitrogen and oxygen atoms in total. The molecule has 2 fully saturated rings. The zero-order chi connectivity index (χ0) is 12.8. The summed E-state index contributed by atoms with van der Waals surface area (Å²) in [6.07, 6.45) is 3.48. The Morgan fingerprint density at radius 1 is 1.44 bits per heavy atom. The van der Waals surface area contributed by atoms with Crippen LogP contribution in [0.1, 0.15) is 31.2 Å². The lowest BCUT2D eigenvalue weighted by Gasteiger charge is -2.12. The van der Waals surface area contributed by atoms with E-state index in [9.17, 15) is 9.18 Å². The van der Waals surface area contributed by atoms with Gasteiger partial charge in [0.15, 0.2) is 11.6 Å². The minimum absolute atomic E-state index is 0.229. The number of carboxylic acids is 1. The summed E-state index contributed by atoms with van der Waals surface area (Å²) in [6, 6.07) is 4.53. The van der Waals surface area contributed by atoms with Crippen LogP contribution in [0.25, 0.3) is 0 Å². The van der Waals surface area contributed by atoms with Crippen LogP contribution in [0.15, 0.2) is 18.2 Å². The van der Waals surface area contributed by atoms with Crippen molar-refractivity contribution in [3.8, 4) is 5.75 Å². The molecule has 0 aromatic heterocycles. The molecular weight excluding hydrogens is 235 g/mol. The van der Waals surface area contributed by atoms with Crippen LogP contribution >= 0.6 is 0 Å². The molecule has 3 rings (SSSR count). The van der Waals surface area contributed by atoms with Gasteiger partial charge in [-0.1, -0.05) is 6.07 Å². The number of aliphatic carboxylic acids is 1. The van der Waals surface area contributed by atoms with Crippen molar-refractivity contribution in [2.45, 2.75) is 31.1 Å². The molecule has 0 saturated heterocycles. The molecule has 18 heavy (non-hydrogen) atoms. The molecular formula is C14H15FO3. The van der Waals surface area contributed by atoms with Crippen LogP contribution in [0, 0.1) is 11.7 Å². The third kappa shape index (κ3) is 1.96. The van der Waals surface area contributed by atoms with E-state index in [-0.39, 0.29) is 5.75 Å². The molecule has 0 amide bonds. The van der Waals surface area contributed by atoms with Crippen LogP contribution in [-0.4, -0.2) is 17.7 Å². The molecule has 96 valence electrons. The van der Waals surface area contributed by atoms with Gasteiger partial charge in [0.25, 0.3) is 0 Å². The SMILES string of the molecule is O=C(O)C1(c2ccc(OCC3CC3)c(F)c2)CC1. The second-order valence-corrected chi connectivity index (χ2v) is 5.29. The number of ether oxygens (including phenoxy) is 1. The van der Waals surface area contributed by atoms with E-state index in [1.165, 1.54) is 6.07 Å². The average molecular weight is 250 g/mol. The Bertz CT molecular complexity index is 490. The molecule has 0 heterocycles. The molecule has 4 heteroatoms. The van der Waals surface area contributed by atoms with E-state index < -0.39 is 17.2 Å². The third-order valence-electron chi connectivity index (χ3n) is 3.82. The largest absolute Gasteiger partial charge is 0.490 e. The van der Waals surface area contributed by atoms with E-state index in [0.717, 1.165) is 12.8 Å². The molecule has 0 radical (unpaired) electrons. The van der Waals surface area contributed by atoms with E-state index >= 15 is 0 Å². The van der Waals surface area contributed by atoms with Gasteiger partial charge < -0.3 is 9.84 Å². The minimum atomic E-state index is -0.867. The predicted molar refractivity (Wildman–Crippen MR) is 63.2 cm³/mol. The monoisotopic (exact) mass is 250 g/mol. The van der Waals surface area contributed by atoms with Crippen molar-refractivity contribution >= 4 is 5.97 Å². The summed E-state index contributed by atoms with van der Waals surface area (Å²) in [7, 11) is 0. The first-order chi connectivity index (χ1) is 8.62. The van der Waals surface area contributed by atoms with Gasteiger partial charge in [-0.2, -0.15) is 0 Å². The molecule has 1 aromatic rings. The van der Waals surface area contributed by atoms with Gasteiger partial charge in [-0.3, -0.25) is 4.79 Å². The second kappa shape index (κ2) is 3.97. The smallest absolute Gasteiger partial charge is 0.314 e. The molecule has 2 aliphatic carbocycles. The quantitative estimate of drug-likeness (QED) is 0.874. The van der Waals surface area contributed by atoms with Gasteiger partial charge in [-0.25, -0.2) is 4.39 Å². The van der Waals surface area contributed by atoms with Gasteiger partial charge in [0, 0.05) is 0 Å². The highest BCUT2D eigenvalue weighted by Crippen LogP contribution is 2.49. The summed E-state index contributed by atoms with van der Waals surface area (Å²) >= 11 is 0. The van der Waals surface area contributed by atoms with Crippen LogP contribution in [-0.2, 0) is 10.2 Å². The van der Waals surface area contributed by atoms with E-state index in [2.05, 4.69) is 0 Å². The third-order valence-corrected chi connectivity index (χ3v) is 3.82. The number of hydrogen-bond acceptors (Lipinski definition) is 2. The Balaban J connectivity index is 1.77. The maximum atomic E-state index is 13.8. The van der Waals surface area contributed by atoms with Gasteiger partial charge in [0.2, 0.25) is 0 Å². The highest BCUT2D eigenvalue weighted by Gasteiger charge is 2.51. The Morgan fingerprint density at radius 3 is 2.67 bits per heavy atom. The zero-order valence-electron chi connectivity index (χ0n) is 9.99. The lowest BCUT2D eigenvalue weighted by Crippen LogP contribution is -2.19. The van der Waals surface area contributed by atoms with Crippen molar-refractivity contribution < 1.29 is 19.0 Å². The van der Waals surface area contributed by atoms with Crippen molar-refractivity contribution in [1.82, 2.24) is 0 Å². The normalized spacial score (nSPS) is 20.5. The van der Waals surface area contributed by atoms with Crippen molar-refractivity contribution in [2.24, 2.45) is 5.92 Å². The zero-order valence-corrected chi connectivity index (χ0v) is 9.99. The average Bonchev–Trinajstić information content (AvgIpc) is 3.21. The first kappa shape index (κ1) is 11.5. The lowest BCUT2D eigenvalue weighted by molar-refractivity contribution is -0.140. The summed E-state index contributed by atoms with van der Waals surface area (Å²) in [4.78, 5) is 11.1. The summed E-state index contributed by atoms with van der Waals surface area (Å²) in [5.74, 6) is -0.529. The molecule has 0 spiro atoms. The molecule has 0 atom stereocenters. The van der Waals surface area contributed by atoms with E-state index in [1.54, 1.807) is 12.1 Å². The Kier molecular flexibility index (Phi) is 2.54. The van der Waals surface area contributed by atoms with Gasteiger partial charge in [0.1, 0.15) is 0 Å². The highest BCUT2D eigenvalue weighted by molar-refractivity contribution is 5.84. The predicted octanol–water partition coefficient (Wildman–Crippen LogP) is 2.73. The minimum Gasteiger partial charge on any atom is -0.490 e. The number of rotatable bonds is 5. The van der Waals surface area contributed by atoms with E-state index in [4.69, 9.17) is 9.84 Å². The van der Waals surface area contributed by atoms with Crippen LogP contribution in [0.2, 0.25) is 0 Å². The van der Waals surface area contributed by atoms with Crippen LogP contribution in [0.4, 0.5) is 4.39 Å². The van der Waals surface area contributed by atoms with Gasteiger partial charge in [-0.05, 0) is 49.3 Å². The number of benzene rings is 1. The van der Waals surface area contributed by atoms with Crippen LogP contribution in [0.5, 0.6) is 5.75 Å². The van der Waals surface area contributed by atoms with Crippen LogP contribution < -0.4 is 4.74 Å². The van der Waals surface area contributed by atoms with Gasteiger partial charge in [0.05, 0.1) is 12.0 Å².